The Morgan fingerprint density at radius 1 is 1.35 bits per heavy atom. The third-order valence-corrected chi connectivity index (χ3v) is 4.00. The number of piperazine rings is 1. The van der Waals surface area contributed by atoms with Crippen LogP contribution in [0.25, 0.3) is 0 Å². The predicted molar refractivity (Wildman–Crippen MR) is 83.1 cm³/mol. The molecule has 1 aliphatic rings. The van der Waals surface area contributed by atoms with Crippen LogP contribution >= 0.6 is 11.6 Å². The molecular formula is C15H22ClN3O. The molecule has 1 atom stereocenters. The Morgan fingerprint density at radius 3 is 2.65 bits per heavy atom. The SMILES string of the molecule is CCC(N)CC(=O)N1CCN(c2cccc(Cl)c2)CC1. The van der Waals surface area contributed by atoms with E-state index in [2.05, 4.69) is 11.0 Å². The van der Waals surface area contributed by atoms with Gasteiger partial charge < -0.3 is 15.5 Å². The summed E-state index contributed by atoms with van der Waals surface area (Å²) in [5.74, 6) is 0.171. The molecule has 0 spiro atoms. The van der Waals surface area contributed by atoms with Gasteiger partial charge in [0.15, 0.2) is 0 Å². The molecule has 1 aromatic carbocycles. The van der Waals surface area contributed by atoms with Gasteiger partial charge in [-0.15, -0.1) is 0 Å². The average molecular weight is 296 g/mol. The lowest BCUT2D eigenvalue weighted by Gasteiger charge is -2.36. The molecule has 20 heavy (non-hydrogen) atoms. The van der Waals surface area contributed by atoms with Crippen molar-refractivity contribution < 1.29 is 4.79 Å². The van der Waals surface area contributed by atoms with Crippen molar-refractivity contribution in [1.29, 1.82) is 0 Å². The normalized spacial score (nSPS) is 17.1. The Bertz CT molecular complexity index is 458. The Hall–Kier alpha value is -1.26. The number of hydrogen-bond donors (Lipinski definition) is 1. The van der Waals surface area contributed by atoms with Gasteiger partial charge in [-0.05, 0) is 24.6 Å². The zero-order valence-corrected chi connectivity index (χ0v) is 12.6. The number of amides is 1. The largest absolute Gasteiger partial charge is 0.368 e. The molecule has 0 saturated carbocycles. The van der Waals surface area contributed by atoms with Crippen molar-refractivity contribution in [3.63, 3.8) is 0 Å². The maximum absolute atomic E-state index is 12.1. The Labute approximate surface area is 125 Å². The molecule has 0 radical (unpaired) electrons. The van der Waals surface area contributed by atoms with E-state index in [-0.39, 0.29) is 11.9 Å². The first-order valence-corrected chi connectivity index (χ1v) is 7.52. The molecule has 1 aliphatic heterocycles. The molecule has 1 saturated heterocycles. The summed E-state index contributed by atoms with van der Waals surface area (Å²) in [6.07, 6.45) is 1.29. The van der Waals surface area contributed by atoms with Crippen LogP contribution in [-0.4, -0.2) is 43.0 Å². The van der Waals surface area contributed by atoms with E-state index in [1.807, 2.05) is 30.0 Å². The van der Waals surface area contributed by atoms with Gasteiger partial charge in [0.25, 0.3) is 0 Å². The highest BCUT2D eigenvalue weighted by molar-refractivity contribution is 6.30. The zero-order chi connectivity index (χ0) is 14.5. The molecule has 0 bridgehead atoms. The maximum Gasteiger partial charge on any atom is 0.224 e. The minimum atomic E-state index is -0.0199. The second kappa shape index (κ2) is 6.95. The van der Waals surface area contributed by atoms with Crippen LogP contribution in [0.5, 0.6) is 0 Å². The molecule has 1 unspecified atom stereocenters. The van der Waals surface area contributed by atoms with Gasteiger partial charge in [-0.25, -0.2) is 0 Å². The minimum Gasteiger partial charge on any atom is -0.368 e. The molecule has 2 rings (SSSR count). The number of nitrogens with zero attached hydrogens (tertiary/aromatic N) is 2. The van der Waals surface area contributed by atoms with Crippen molar-refractivity contribution >= 4 is 23.2 Å². The first-order valence-electron chi connectivity index (χ1n) is 7.14. The lowest BCUT2D eigenvalue weighted by Crippen LogP contribution is -2.49. The highest BCUT2D eigenvalue weighted by atomic mass is 35.5. The molecule has 1 heterocycles. The van der Waals surface area contributed by atoms with Gasteiger partial charge in [0.1, 0.15) is 0 Å². The standard InChI is InChI=1S/C15H22ClN3O/c1-2-13(17)11-15(20)19-8-6-18(7-9-19)14-5-3-4-12(16)10-14/h3-5,10,13H,2,6-9,11,17H2,1H3. The van der Waals surface area contributed by atoms with Crippen molar-refractivity contribution in [2.75, 3.05) is 31.1 Å². The van der Waals surface area contributed by atoms with E-state index in [1.54, 1.807) is 0 Å². The lowest BCUT2D eigenvalue weighted by atomic mass is 10.1. The molecule has 0 aromatic heterocycles. The number of carbonyl (C=O) groups is 1. The predicted octanol–water partition coefficient (Wildman–Crippen LogP) is 2.12. The monoisotopic (exact) mass is 295 g/mol. The molecule has 1 amide bonds. The van der Waals surface area contributed by atoms with Gasteiger partial charge in [-0.1, -0.05) is 24.6 Å². The van der Waals surface area contributed by atoms with Crippen LogP contribution in [0.2, 0.25) is 5.02 Å². The van der Waals surface area contributed by atoms with Gasteiger partial charge in [-0.3, -0.25) is 4.79 Å². The molecule has 4 nitrogen and oxygen atoms in total. The second-order valence-corrected chi connectivity index (χ2v) is 5.66. The summed E-state index contributed by atoms with van der Waals surface area (Å²) in [4.78, 5) is 16.2. The van der Waals surface area contributed by atoms with Gasteiger partial charge in [0.2, 0.25) is 5.91 Å². The van der Waals surface area contributed by atoms with E-state index in [0.717, 1.165) is 43.3 Å². The summed E-state index contributed by atoms with van der Waals surface area (Å²) in [6, 6.07) is 7.82. The highest BCUT2D eigenvalue weighted by Gasteiger charge is 2.22. The van der Waals surface area contributed by atoms with Gasteiger partial charge in [0, 0.05) is 49.4 Å². The Morgan fingerprint density at radius 2 is 2.05 bits per heavy atom. The van der Waals surface area contributed by atoms with Crippen molar-refractivity contribution in [3.05, 3.63) is 29.3 Å². The number of rotatable bonds is 4. The number of benzene rings is 1. The number of carbonyl (C=O) groups excluding carboxylic acids is 1. The quantitative estimate of drug-likeness (QED) is 0.925. The fraction of sp³-hybridized carbons (Fsp3) is 0.533. The molecule has 0 aliphatic carbocycles. The summed E-state index contributed by atoms with van der Waals surface area (Å²) in [6.45, 7) is 5.19. The average Bonchev–Trinajstić information content (AvgIpc) is 2.47. The van der Waals surface area contributed by atoms with Gasteiger partial charge >= 0.3 is 0 Å². The van der Waals surface area contributed by atoms with Crippen LogP contribution in [-0.2, 0) is 4.79 Å². The summed E-state index contributed by atoms with van der Waals surface area (Å²) in [5.41, 5.74) is 6.96. The molecule has 1 aromatic rings. The van der Waals surface area contributed by atoms with E-state index < -0.39 is 0 Å². The molecular weight excluding hydrogens is 274 g/mol. The first-order chi connectivity index (χ1) is 9.60. The van der Waals surface area contributed by atoms with Gasteiger partial charge in [0.05, 0.1) is 0 Å². The lowest BCUT2D eigenvalue weighted by molar-refractivity contribution is -0.131. The minimum absolute atomic E-state index is 0.0199. The van der Waals surface area contributed by atoms with E-state index in [4.69, 9.17) is 17.3 Å². The topological polar surface area (TPSA) is 49.6 Å². The van der Waals surface area contributed by atoms with Crippen LogP contribution < -0.4 is 10.6 Å². The second-order valence-electron chi connectivity index (χ2n) is 5.22. The van der Waals surface area contributed by atoms with Crippen molar-refractivity contribution in [3.8, 4) is 0 Å². The third-order valence-electron chi connectivity index (χ3n) is 3.77. The Balaban J connectivity index is 1.87. The molecule has 2 N–H and O–H groups in total. The van der Waals surface area contributed by atoms with E-state index in [9.17, 15) is 4.79 Å². The number of nitrogens with two attached hydrogens (primary N) is 1. The summed E-state index contributed by atoms with van der Waals surface area (Å²) < 4.78 is 0. The number of halogens is 1. The highest BCUT2D eigenvalue weighted by Crippen LogP contribution is 2.21. The zero-order valence-electron chi connectivity index (χ0n) is 11.9. The number of hydrogen-bond acceptors (Lipinski definition) is 3. The van der Waals surface area contributed by atoms with Crippen LogP contribution in [0, 0.1) is 0 Å². The van der Waals surface area contributed by atoms with Gasteiger partial charge in [-0.2, -0.15) is 0 Å². The fourth-order valence-corrected chi connectivity index (χ4v) is 2.57. The van der Waals surface area contributed by atoms with E-state index in [1.165, 1.54) is 0 Å². The Kier molecular flexibility index (Phi) is 5.26. The molecule has 1 fully saturated rings. The summed E-state index contributed by atoms with van der Waals surface area (Å²) >= 11 is 6.01. The number of anilines is 1. The van der Waals surface area contributed by atoms with Crippen LogP contribution in [0.3, 0.4) is 0 Å². The smallest absolute Gasteiger partial charge is 0.224 e. The van der Waals surface area contributed by atoms with Crippen LogP contribution in [0.4, 0.5) is 5.69 Å². The van der Waals surface area contributed by atoms with E-state index >= 15 is 0 Å². The molecule has 110 valence electrons. The van der Waals surface area contributed by atoms with E-state index in [0.29, 0.717) is 6.42 Å². The summed E-state index contributed by atoms with van der Waals surface area (Å²) in [7, 11) is 0. The molecule has 5 heteroatoms. The fourth-order valence-electron chi connectivity index (χ4n) is 2.38. The van der Waals surface area contributed by atoms with Crippen molar-refractivity contribution in [1.82, 2.24) is 4.90 Å². The van der Waals surface area contributed by atoms with Crippen molar-refractivity contribution in [2.45, 2.75) is 25.8 Å². The first kappa shape index (κ1) is 15.1. The third kappa shape index (κ3) is 3.87. The van der Waals surface area contributed by atoms with Crippen LogP contribution in [0.1, 0.15) is 19.8 Å². The van der Waals surface area contributed by atoms with Crippen molar-refractivity contribution in [2.24, 2.45) is 5.73 Å². The van der Waals surface area contributed by atoms with Crippen LogP contribution in [0.15, 0.2) is 24.3 Å². The maximum atomic E-state index is 12.1. The summed E-state index contributed by atoms with van der Waals surface area (Å²) in [5, 5.41) is 0.745.